The van der Waals surface area contributed by atoms with Crippen molar-refractivity contribution in [2.45, 2.75) is 6.42 Å². The molecule has 0 unspecified atom stereocenters. The van der Waals surface area contributed by atoms with Gasteiger partial charge in [-0.2, -0.15) is 0 Å². The van der Waals surface area contributed by atoms with E-state index >= 15 is 0 Å². The fraction of sp³-hybridized carbons (Fsp3) is 0.385. The van der Waals surface area contributed by atoms with Crippen LogP contribution in [0.2, 0.25) is 5.02 Å². The third kappa shape index (κ3) is 5.28. The van der Waals surface area contributed by atoms with Crippen molar-refractivity contribution in [3.8, 4) is 0 Å². The fourth-order valence-electron chi connectivity index (χ4n) is 1.53. The van der Waals surface area contributed by atoms with Crippen molar-refractivity contribution < 1.29 is 14.7 Å². The van der Waals surface area contributed by atoms with Crippen molar-refractivity contribution in [1.29, 1.82) is 0 Å². The van der Waals surface area contributed by atoms with Gasteiger partial charge in [-0.25, -0.2) is 0 Å². The highest BCUT2D eigenvalue weighted by molar-refractivity contribution is 6.30. The van der Waals surface area contributed by atoms with Crippen LogP contribution in [-0.2, 0) is 9.59 Å². The molecule has 104 valence electrons. The molecule has 0 saturated carbocycles. The van der Waals surface area contributed by atoms with Gasteiger partial charge in [0, 0.05) is 23.7 Å². The van der Waals surface area contributed by atoms with E-state index in [1.165, 1.54) is 4.90 Å². The van der Waals surface area contributed by atoms with Crippen molar-refractivity contribution in [1.82, 2.24) is 4.90 Å². The topological polar surface area (TPSA) is 60.9 Å². The van der Waals surface area contributed by atoms with Gasteiger partial charge in [-0.05, 0) is 38.4 Å². The molecule has 0 saturated heterocycles. The zero-order valence-corrected chi connectivity index (χ0v) is 11.7. The molecule has 0 aliphatic heterocycles. The minimum atomic E-state index is -1.05. The zero-order chi connectivity index (χ0) is 14.4. The maximum Gasteiger partial charge on any atom is 0.323 e. The Balaban J connectivity index is 2.84. The molecule has 1 N–H and O–H groups in total. The molecular formula is C13H17ClN2O3. The van der Waals surface area contributed by atoms with E-state index in [0.29, 0.717) is 17.3 Å². The van der Waals surface area contributed by atoms with Crippen LogP contribution in [0.15, 0.2) is 24.3 Å². The number of carboxylic acid groups (broad SMARTS) is 1. The Morgan fingerprint density at radius 3 is 2.26 bits per heavy atom. The Morgan fingerprint density at radius 1 is 1.21 bits per heavy atom. The Kier molecular flexibility index (Phi) is 5.79. The summed E-state index contributed by atoms with van der Waals surface area (Å²) in [5.41, 5.74) is 0.538. The van der Waals surface area contributed by atoms with Crippen molar-refractivity contribution >= 4 is 29.2 Å². The van der Waals surface area contributed by atoms with Crippen LogP contribution in [0.25, 0.3) is 0 Å². The molecule has 1 aromatic rings. The summed E-state index contributed by atoms with van der Waals surface area (Å²) in [6.07, 6.45) is 0.267. The smallest absolute Gasteiger partial charge is 0.323 e. The predicted octanol–water partition coefficient (Wildman–Crippen LogP) is 1.71. The SMILES string of the molecule is CN(C)CCC(=O)N(CC(=O)O)c1ccc(Cl)cc1. The molecule has 0 aromatic heterocycles. The summed E-state index contributed by atoms with van der Waals surface area (Å²) in [6, 6.07) is 6.54. The van der Waals surface area contributed by atoms with Gasteiger partial charge in [0.15, 0.2) is 0 Å². The van der Waals surface area contributed by atoms with Crippen LogP contribution < -0.4 is 4.90 Å². The fourth-order valence-corrected chi connectivity index (χ4v) is 1.66. The van der Waals surface area contributed by atoms with Gasteiger partial charge in [-0.15, -0.1) is 0 Å². The number of rotatable bonds is 6. The quantitative estimate of drug-likeness (QED) is 0.864. The number of hydrogen-bond acceptors (Lipinski definition) is 3. The Bertz CT molecular complexity index is 446. The van der Waals surface area contributed by atoms with Crippen molar-refractivity contribution in [3.05, 3.63) is 29.3 Å². The molecule has 19 heavy (non-hydrogen) atoms. The lowest BCUT2D eigenvalue weighted by Gasteiger charge is -2.21. The van der Waals surface area contributed by atoms with Crippen LogP contribution in [0.3, 0.4) is 0 Å². The van der Waals surface area contributed by atoms with E-state index in [0.717, 1.165) is 0 Å². The molecule has 1 rings (SSSR count). The molecule has 0 bridgehead atoms. The van der Waals surface area contributed by atoms with Crippen molar-refractivity contribution in [2.75, 3.05) is 32.1 Å². The number of carbonyl (C=O) groups excluding carboxylic acids is 1. The third-order valence-corrected chi connectivity index (χ3v) is 2.76. The summed E-state index contributed by atoms with van der Waals surface area (Å²) >= 11 is 5.78. The second-order valence-electron chi connectivity index (χ2n) is 4.40. The molecule has 0 radical (unpaired) electrons. The van der Waals surface area contributed by atoms with Crippen LogP contribution in [0.1, 0.15) is 6.42 Å². The highest BCUT2D eigenvalue weighted by Crippen LogP contribution is 2.18. The number of carbonyl (C=O) groups is 2. The van der Waals surface area contributed by atoms with Gasteiger partial charge in [-0.1, -0.05) is 11.6 Å². The number of amides is 1. The maximum atomic E-state index is 12.1. The summed E-state index contributed by atoms with van der Waals surface area (Å²) in [7, 11) is 3.72. The van der Waals surface area contributed by atoms with Crippen molar-refractivity contribution in [2.24, 2.45) is 0 Å². The lowest BCUT2D eigenvalue weighted by molar-refractivity contribution is -0.136. The highest BCUT2D eigenvalue weighted by Gasteiger charge is 2.18. The summed E-state index contributed by atoms with van der Waals surface area (Å²) in [6.45, 7) is 0.219. The van der Waals surface area contributed by atoms with E-state index in [-0.39, 0.29) is 18.9 Å². The van der Waals surface area contributed by atoms with Crippen molar-refractivity contribution in [3.63, 3.8) is 0 Å². The van der Waals surface area contributed by atoms with Gasteiger partial charge < -0.3 is 14.9 Å². The first-order valence-corrected chi connectivity index (χ1v) is 6.20. The molecule has 0 aliphatic carbocycles. The number of nitrogens with zero attached hydrogens (tertiary/aromatic N) is 2. The number of benzene rings is 1. The molecule has 0 atom stereocenters. The van der Waals surface area contributed by atoms with Crippen LogP contribution >= 0.6 is 11.6 Å². The van der Waals surface area contributed by atoms with Gasteiger partial charge in [-0.3, -0.25) is 9.59 Å². The molecule has 0 heterocycles. The van der Waals surface area contributed by atoms with E-state index in [9.17, 15) is 9.59 Å². The normalized spacial score (nSPS) is 10.5. The number of anilines is 1. The lowest BCUT2D eigenvalue weighted by atomic mass is 10.2. The molecule has 0 fully saturated rings. The van der Waals surface area contributed by atoms with Crippen LogP contribution in [0.4, 0.5) is 5.69 Å². The number of aliphatic carboxylic acids is 1. The average molecular weight is 285 g/mol. The van der Waals surface area contributed by atoms with E-state index in [4.69, 9.17) is 16.7 Å². The second kappa shape index (κ2) is 7.11. The largest absolute Gasteiger partial charge is 0.480 e. The van der Waals surface area contributed by atoms with Gasteiger partial charge in [0.2, 0.25) is 5.91 Å². The molecule has 6 heteroatoms. The van der Waals surface area contributed by atoms with E-state index in [1.807, 2.05) is 19.0 Å². The Morgan fingerprint density at radius 2 is 1.79 bits per heavy atom. The second-order valence-corrected chi connectivity index (χ2v) is 4.84. The first-order chi connectivity index (χ1) is 8.90. The standard InChI is InChI=1S/C13H17ClN2O3/c1-15(2)8-7-12(17)16(9-13(18)19)11-5-3-10(14)4-6-11/h3-6H,7-9H2,1-2H3,(H,18,19). The molecule has 1 aromatic carbocycles. The predicted molar refractivity (Wildman–Crippen MR) is 74.6 cm³/mol. The monoisotopic (exact) mass is 284 g/mol. The summed E-state index contributed by atoms with van der Waals surface area (Å²) < 4.78 is 0. The van der Waals surface area contributed by atoms with Crippen LogP contribution in [-0.4, -0.2) is 49.1 Å². The minimum absolute atomic E-state index is 0.224. The van der Waals surface area contributed by atoms with E-state index in [1.54, 1.807) is 24.3 Å². The van der Waals surface area contributed by atoms with Gasteiger partial charge in [0.25, 0.3) is 0 Å². The summed E-state index contributed by atoms with van der Waals surface area (Å²) in [5.74, 6) is -1.27. The summed E-state index contributed by atoms with van der Waals surface area (Å²) in [4.78, 5) is 26.1. The molecule has 0 spiro atoms. The minimum Gasteiger partial charge on any atom is -0.480 e. The maximum absolute atomic E-state index is 12.1. The number of carboxylic acids is 1. The van der Waals surface area contributed by atoms with Gasteiger partial charge >= 0.3 is 5.97 Å². The Labute approximate surface area is 117 Å². The van der Waals surface area contributed by atoms with Gasteiger partial charge in [0.05, 0.1) is 0 Å². The van der Waals surface area contributed by atoms with Crippen LogP contribution in [0, 0.1) is 0 Å². The lowest BCUT2D eigenvalue weighted by Crippen LogP contribution is -2.37. The highest BCUT2D eigenvalue weighted by atomic mass is 35.5. The van der Waals surface area contributed by atoms with Crippen LogP contribution in [0.5, 0.6) is 0 Å². The van der Waals surface area contributed by atoms with E-state index in [2.05, 4.69) is 0 Å². The van der Waals surface area contributed by atoms with E-state index < -0.39 is 5.97 Å². The number of halogens is 1. The number of hydrogen-bond donors (Lipinski definition) is 1. The van der Waals surface area contributed by atoms with Gasteiger partial charge in [0.1, 0.15) is 6.54 Å². The third-order valence-electron chi connectivity index (χ3n) is 2.51. The Hall–Kier alpha value is -1.59. The summed E-state index contributed by atoms with van der Waals surface area (Å²) in [5, 5.41) is 9.44. The average Bonchev–Trinajstić information content (AvgIpc) is 2.34. The zero-order valence-electron chi connectivity index (χ0n) is 11.0. The first kappa shape index (κ1) is 15.5. The molecular weight excluding hydrogens is 268 g/mol. The molecule has 1 amide bonds. The first-order valence-electron chi connectivity index (χ1n) is 5.82. The molecule has 5 nitrogen and oxygen atoms in total. The molecule has 0 aliphatic rings.